The summed E-state index contributed by atoms with van der Waals surface area (Å²) < 4.78 is 10.6. The molecule has 4 rings (SSSR count). The number of para-hydroxylation sites is 1. The van der Waals surface area contributed by atoms with E-state index in [4.69, 9.17) is 26.1 Å². The molecule has 0 aliphatic carbocycles. The largest absolute Gasteiger partial charge is 0.497 e. The molecule has 1 aromatic heterocycles. The van der Waals surface area contributed by atoms with Crippen molar-refractivity contribution in [3.05, 3.63) is 82.9 Å². The van der Waals surface area contributed by atoms with Crippen LogP contribution in [0.4, 0.5) is 5.69 Å². The average molecular weight is 433 g/mol. The molecule has 0 unspecified atom stereocenters. The number of halogens is 1. The number of nitrogens with zero attached hydrogens (tertiary/aromatic N) is 1. The second kappa shape index (κ2) is 8.66. The van der Waals surface area contributed by atoms with Gasteiger partial charge in [-0.05, 0) is 61.0 Å². The maximum absolute atomic E-state index is 13.5. The zero-order chi connectivity index (χ0) is 22.0. The highest BCUT2D eigenvalue weighted by molar-refractivity contribution is 6.31. The summed E-state index contributed by atoms with van der Waals surface area (Å²) in [6.07, 6.45) is 0. The third-order valence-electron chi connectivity index (χ3n) is 5.14. The maximum atomic E-state index is 13.5. The van der Waals surface area contributed by atoms with Crippen LogP contribution in [0.25, 0.3) is 22.2 Å². The van der Waals surface area contributed by atoms with Crippen LogP contribution in [0.5, 0.6) is 11.5 Å². The van der Waals surface area contributed by atoms with E-state index in [1.165, 1.54) is 0 Å². The standard InChI is InChI=1S/C25H21ClN2O3/c1-15-23(25(29)28-21-14-17(26)10-13-22(21)31-3)19-6-4-5-7-20(19)27-24(15)16-8-11-18(30-2)12-9-16/h4-14H,1-3H3,(H,28,29). The topological polar surface area (TPSA) is 60.5 Å². The summed E-state index contributed by atoms with van der Waals surface area (Å²) in [6.45, 7) is 1.91. The summed E-state index contributed by atoms with van der Waals surface area (Å²) in [6, 6.07) is 20.3. The van der Waals surface area contributed by atoms with Crippen LogP contribution in [-0.2, 0) is 0 Å². The molecule has 1 N–H and O–H groups in total. The van der Waals surface area contributed by atoms with Gasteiger partial charge in [0.2, 0.25) is 0 Å². The van der Waals surface area contributed by atoms with Gasteiger partial charge < -0.3 is 14.8 Å². The summed E-state index contributed by atoms with van der Waals surface area (Å²) in [7, 11) is 3.18. The maximum Gasteiger partial charge on any atom is 0.256 e. The van der Waals surface area contributed by atoms with Gasteiger partial charge in [-0.25, -0.2) is 4.98 Å². The van der Waals surface area contributed by atoms with Crippen molar-refractivity contribution in [3.63, 3.8) is 0 Å². The summed E-state index contributed by atoms with van der Waals surface area (Å²) in [5.74, 6) is 1.03. The number of rotatable bonds is 5. The van der Waals surface area contributed by atoms with Crippen LogP contribution in [0.15, 0.2) is 66.7 Å². The quantitative estimate of drug-likeness (QED) is 0.412. The van der Waals surface area contributed by atoms with Gasteiger partial charge in [-0.15, -0.1) is 0 Å². The van der Waals surface area contributed by atoms with E-state index in [0.29, 0.717) is 22.0 Å². The Morgan fingerprint density at radius 2 is 1.71 bits per heavy atom. The minimum atomic E-state index is -0.258. The Morgan fingerprint density at radius 1 is 0.968 bits per heavy atom. The Morgan fingerprint density at radius 3 is 2.42 bits per heavy atom. The van der Waals surface area contributed by atoms with Gasteiger partial charge in [0.05, 0.1) is 36.7 Å². The monoisotopic (exact) mass is 432 g/mol. The fourth-order valence-electron chi connectivity index (χ4n) is 3.59. The Balaban J connectivity index is 1.85. The molecule has 0 atom stereocenters. The van der Waals surface area contributed by atoms with Crippen LogP contribution < -0.4 is 14.8 Å². The van der Waals surface area contributed by atoms with E-state index in [2.05, 4.69) is 5.32 Å². The molecule has 0 spiro atoms. The molecule has 0 bridgehead atoms. The van der Waals surface area contributed by atoms with Crippen molar-refractivity contribution in [2.75, 3.05) is 19.5 Å². The normalized spacial score (nSPS) is 10.7. The second-order valence-corrected chi connectivity index (χ2v) is 7.44. The van der Waals surface area contributed by atoms with Gasteiger partial charge in [0.1, 0.15) is 11.5 Å². The molecular weight excluding hydrogens is 412 g/mol. The lowest BCUT2D eigenvalue weighted by atomic mass is 9.97. The lowest BCUT2D eigenvalue weighted by molar-refractivity contribution is 0.102. The van der Waals surface area contributed by atoms with Crippen molar-refractivity contribution in [1.82, 2.24) is 4.98 Å². The molecule has 0 radical (unpaired) electrons. The zero-order valence-corrected chi connectivity index (χ0v) is 18.2. The second-order valence-electron chi connectivity index (χ2n) is 7.00. The summed E-state index contributed by atoms with van der Waals surface area (Å²) in [5, 5.41) is 4.23. The van der Waals surface area contributed by atoms with Crippen molar-refractivity contribution in [3.8, 4) is 22.8 Å². The molecule has 1 amide bonds. The number of ether oxygens (including phenoxy) is 2. The van der Waals surface area contributed by atoms with E-state index >= 15 is 0 Å². The van der Waals surface area contributed by atoms with Crippen LogP contribution in [0.3, 0.4) is 0 Å². The van der Waals surface area contributed by atoms with Gasteiger partial charge in [-0.2, -0.15) is 0 Å². The van der Waals surface area contributed by atoms with E-state index in [1.54, 1.807) is 32.4 Å². The number of anilines is 1. The van der Waals surface area contributed by atoms with E-state index in [0.717, 1.165) is 33.5 Å². The predicted octanol–water partition coefficient (Wildman–Crippen LogP) is 6.13. The first-order valence-electron chi connectivity index (χ1n) is 9.70. The molecule has 3 aromatic carbocycles. The Bertz CT molecular complexity index is 1270. The number of amides is 1. The highest BCUT2D eigenvalue weighted by atomic mass is 35.5. The van der Waals surface area contributed by atoms with E-state index in [9.17, 15) is 4.79 Å². The van der Waals surface area contributed by atoms with Crippen molar-refractivity contribution in [2.24, 2.45) is 0 Å². The Labute approximate surface area is 185 Å². The molecule has 4 aromatic rings. The molecule has 31 heavy (non-hydrogen) atoms. The molecule has 0 saturated carbocycles. The highest BCUT2D eigenvalue weighted by Gasteiger charge is 2.20. The van der Waals surface area contributed by atoms with E-state index in [1.807, 2.05) is 55.5 Å². The van der Waals surface area contributed by atoms with Gasteiger partial charge in [-0.1, -0.05) is 29.8 Å². The van der Waals surface area contributed by atoms with Gasteiger partial charge in [0, 0.05) is 16.0 Å². The van der Waals surface area contributed by atoms with E-state index in [-0.39, 0.29) is 5.91 Å². The van der Waals surface area contributed by atoms with Crippen LogP contribution in [0, 0.1) is 6.92 Å². The number of nitrogens with one attached hydrogen (secondary N) is 1. The third-order valence-corrected chi connectivity index (χ3v) is 5.37. The molecule has 0 aliphatic rings. The minimum Gasteiger partial charge on any atom is -0.497 e. The summed E-state index contributed by atoms with van der Waals surface area (Å²) in [5.41, 5.74) is 4.22. The van der Waals surface area contributed by atoms with Crippen LogP contribution >= 0.6 is 11.6 Å². The molecule has 5 nitrogen and oxygen atoms in total. The van der Waals surface area contributed by atoms with Crippen molar-refractivity contribution < 1.29 is 14.3 Å². The fraction of sp³-hybridized carbons (Fsp3) is 0.120. The summed E-state index contributed by atoms with van der Waals surface area (Å²) >= 11 is 6.13. The number of carbonyl (C=O) groups excluding carboxylic acids is 1. The number of aromatic nitrogens is 1. The number of fused-ring (bicyclic) bond motifs is 1. The minimum absolute atomic E-state index is 0.258. The average Bonchev–Trinajstić information content (AvgIpc) is 2.79. The predicted molar refractivity (Wildman–Crippen MR) is 124 cm³/mol. The van der Waals surface area contributed by atoms with Crippen LogP contribution in [-0.4, -0.2) is 25.1 Å². The lowest BCUT2D eigenvalue weighted by Gasteiger charge is -2.16. The first kappa shape index (κ1) is 20.7. The van der Waals surface area contributed by atoms with Crippen molar-refractivity contribution in [1.29, 1.82) is 0 Å². The Hall–Kier alpha value is -3.57. The smallest absolute Gasteiger partial charge is 0.256 e. The number of hydrogen-bond acceptors (Lipinski definition) is 4. The molecule has 0 saturated heterocycles. The fourth-order valence-corrected chi connectivity index (χ4v) is 3.76. The number of benzene rings is 3. The summed E-state index contributed by atoms with van der Waals surface area (Å²) in [4.78, 5) is 18.3. The number of carbonyl (C=O) groups is 1. The van der Waals surface area contributed by atoms with Crippen molar-refractivity contribution >= 4 is 34.1 Å². The molecule has 1 heterocycles. The van der Waals surface area contributed by atoms with Gasteiger partial charge in [0.15, 0.2) is 0 Å². The first-order chi connectivity index (χ1) is 15.0. The van der Waals surface area contributed by atoms with Gasteiger partial charge >= 0.3 is 0 Å². The van der Waals surface area contributed by atoms with E-state index < -0.39 is 0 Å². The molecule has 156 valence electrons. The highest BCUT2D eigenvalue weighted by Crippen LogP contribution is 2.33. The third kappa shape index (κ3) is 4.05. The molecule has 0 aliphatic heterocycles. The van der Waals surface area contributed by atoms with Gasteiger partial charge in [-0.3, -0.25) is 4.79 Å². The first-order valence-corrected chi connectivity index (χ1v) is 10.1. The molecular formula is C25H21ClN2O3. The lowest BCUT2D eigenvalue weighted by Crippen LogP contribution is -2.16. The van der Waals surface area contributed by atoms with Crippen LogP contribution in [0.1, 0.15) is 15.9 Å². The van der Waals surface area contributed by atoms with Crippen molar-refractivity contribution in [2.45, 2.75) is 6.92 Å². The number of pyridine rings is 1. The molecule has 0 fully saturated rings. The zero-order valence-electron chi connectivity index (χ0n) is 17.4. The number of hydrogen-bond donors (Lipinski definition) is 1. The Kier molecular flexibility index (Phi) is 5.78. The molecule has 6 heteroatoms. The number of methoxy groups -OCH3 is 2. The van der Waals surface area contributed by atoms with Gasteiger partial charge in [0.25, 0.3) is 5.91 Å². The SMILES string of the molecule is COc1ccc(-c2nc3ccccc3c(C(=O)Nc3cc(Cl)ccc3OC)c2C)cc1. The van der Waals surface area contributed by atoms with Crippen LogP contribution in [0.2, 0.25) is 5.02 Å².